The van der Waals surface area contributed by atoms with Crippen LogP contribution in [0.25, 0.3) is 0 Å². The van der Waals surface area contributed by atoms with Gasteiger partial charge in [-0.25, -0.2) is 8.78 Å². The molecule has 0 aliphatic carbocycles. The first-order valence-corrected chi connectivity index (χ1v) is 6.23. The fourth-order valence-corrected chi connectivity index (χ4v) is 1.85. The van der Waals surface area contributed by atoms with E-state index in [-0.39, 0.29) is 18.8 Å². The van der Waals surface area contributed by atoms with Gasteiger partial charge >= 0.3 is 6.61 Å². The van der Waals surface area contributed by atoms with E-state index in [1.54, 1.807) is 18.2 Å². The zero-order chi connectivity index (χ0) is 15.2. The molecule has 0 spiro atoms. The molecule has 2 rings (SSSR count). The predicted octanol–water partition coefficient (Wildman–Crippen LogP) is 3.86. The fourth-order valence-electron chi connectivity index (χ4n) is 1.85. The quantitative estimate of drug-likeness (QED) is 0.818. The summed E-state index contributed by atoms with van der Waals surface area (Å²) < 4.78 is 54.7. The lowest BCUT2D eigenvalue weighted by molar-refractivity contribution is -0.0505. The van der Waals surface area contributed by atoms with Crippen molar-refractivity contribution in [3.8, 4) is 5.75 Å². The van der Waals surface area contributed by atoms with E-state index in [4.69, 9.17) is 0 Å². The van der Waals surface area contributed by atoms with Crippen molar-refractivity contribution in [3.63, 3.8) is 0 Å². The first-order chi connectivity index (χ1) is 10.1. The standard InChI is InChI=1S/C15H13F4NO/c16-12-6-5-10(7-13(12)17)8-20-9-11-3-1-2-4-14(11)21-15(18)19/h1-7,15,20H,8-9H2. The minimum Gasteiger partial charge on any atom is -0.434 e. The van der Waals surface area contributed by atoms with Gasteiger partial charge in [-0.2, -0.15) is 8.78 Å². The van der Waals surface area contributed by atoms with Crippen LogP contribution in [0, 0.1) is 11.6 Å². The Bertz CT molecular complexity index is 604. The second-order valence-electron chi connectivity index (χ2n) is 4.34. The molecule has 112 valence electrons. The monoisotopic (exact) mass is 299 g/mol. The first kappa shape index (κ1) is 15.3. The van der Waals surface area contributed by atoms with Gasteiger partial charge < -0.3 is 10.1 Å². The molecule has 0 saturated carbocycles. The second kappa shape index (κ2) is 7.08. The fraction of sp³-hybridized carbons (Fsp3) is 0.200. The molecular weight excluding hydrogens is 286 g/mol. The molecule has 0 aliphatic rings. The van der Waals surface area contributed by atoms with Crippen molar-refractivity contribution in [2.45, 2.75) is 19.7 Å². The molecule has 2 nitrogen and oxygen atoms in total. The van der Waals surface area contributed by atoms with Crippen LogP contribution in [0.1, 0.15) is 11.1 Å². The molecule has 2 aromatic carbocycles. The number of nitrogens with one attached hydrogen (secondary N) is 1. The highest BCUT2D eigenvalue weighted by molar-refractivity contribution is 5.33. The second-order valence-corrected chi connectivity index (χ2v) is 4.34. The van der Waals surface area contributed by atoms with Crippen LogP contribution in [0.3, 0.4) is 0 Å². The third-order valence-electron chi connectivity index (χ3n) is 2.82. The lowest BCUT2D eigenvalue weighted by Gasteiger charge is -2.11. The normalized spacial score (nSPS) is 10.9. The molecule has 0 saturated heterocycles. The van der Waals surface area contributed by atoms with Crippen LogP contribution in [0.15, 0.2) is 42.5 Å². The van der Waals surface area contributed by atoms with E-state index in [2.05, 4.69) is 10.1 Å². The molecule has 21 heavy (non-hydrogen) atoms. The maximum atomic E-state index is 13.0. The molecule has 0 radical (unpaired) electrons. The van der Waals surface area contributed by atoms with Gasteiger partial charge in [0, 0.05) is 18.7 Å². The Hall–Kier alpha value is -2.08. The molecule has 0 amide bonds. The van der Waals surface area contributed by atoms with Crippen LogP contribution in [0.5, 0.6) is 5.75 Å². The van der Waals surface area contributed by atoms with Crippen LogP contribution in [0.2, 0.25) is 0 Å². The summed E-state index contributed by atoms with van der Waals surface area (Å²) in [6, 6.07) is 9.97. The molecule has 0 aromatic heterocycles. The molecule has 0 unspecified atom stereocenters. The van der Waals surface area contributed by atoms with Gasteiger partial charge in [-0.15, -0.1) is 0 Å². The molecule has 0 bridgehead atoms. The third kappa shape index (κ3) is 4.46. The highest BCUT2D eigenvalue weighted by Gasteiger charge is 2.09. The van der Waals surface area contributed by atoms with E-state index < -0.39 is 18.2 Å². The summed E-state index contributed by atoms with van der Waals surface area (Å²) in [6.45, 7) is -2.35. The Labute approximate surface area is 119 Å². The van der Waals surface area contributed by atoms with Gasteiger partial charge in [0.2, 0.25) is 0 Å². The Morgan fingerprint density at radius 1 is 0.952 bits per heavy atom. The third-order valence-corrected chi connectivity index (χ3v) is 2.82. The maximum absolute atomic E-state index is 13.0. The maximum Gasteiger partial charge on any atom is 0.387 e. The average Bonchev–Trinajstić information content (AvgIpc) is 2.44. The molecule has 2 aromatic rings. The van der Waals surface area contributed by atoms with E-state index in [1.165, 1.54) is 12.1 Å². The summed E-state index contributed by atoms with van der Waals surface area (Å²) in [4.78, 5) is 0. The molecule has 0 atom stereocenters. The van der Waals surface area contributed by atoms with Crippen molar-refractivity contribution < 1.29 is 22.3 Å². The van der Waals surface area contributed by atoms with Crippen molar-refractivity contribution in [2.24, 2.45) is 0 Å². The van der Waals surface area contributed by atoms with Crippen LogP contribution >= 0.6 is 0 Å². The van der Waals surface area contributed by atoms with E-state index in [0.717, 1.165) is 12.1 Å². The summed E-state index contributed by atoms with van der Waals surface area (Å²) in [5.74, 6) is -1.74. The number of para-hydroxylation sites is 1. The Kier molecular flexibility index (Phi) is 5.16. The number of hydrogen-bond donors (Lipinski definition) is 1. The van der Waals surface area contributed by atoms with Gasteiger partial charge in [-0.3, -0.25) is 0 Å². The minimum atomic E-state index is -2.89. The number of halogens is 4. The summed E-state index contributed by atoms with van der Waals surface area (Å²) in [7, 11) is 0. The number of rotatable bonds is 6. The van der Waals surface area contributed by atoms with Gasteiger partial charge in [-0.1, -0.05) is 24.3 Å². The summed E-state index contributed by atoms with van der Waals surface area (Å²) in [6.07, 6.45) is 0. The SMILES string of the molecule is Fc1ccc(CNCc2ccccc2OC(F)F)cc1F. The van der Waals surface area contributed by atoms with Crippen molar-refractivity contribution in [1.29, 1.82) is 0 Å². The van der Waals surface area contributed by atoms with E-state index in [9.17, 15) is 17.6 Å². The average molecular weight is 299 g/mol. The molecule has 1 N–H and O–H groups in total. The Morgan fingerprint density at radius 3 is 2.43 bits per heavy atom. The van der Waals surface area contributed by atoms with Gasteiger partial charge in [-0.05, 0) is 23.8 Å². The molecular formula is C15H13F4NO. The summed E-state index contributed by atoms with van der Waals surface area (Å²) in [5.41, 5.74) is 1.11. The Morgan fingerprint density at radius 2 is 1.71 bits per heavy atom. The number of ether oxygens (including phenoxy) is 1. The topological polar surface area (TPSA) is 21.3 Å². The number of benzene rings is 2. The van der Waals surface area contributed by atoms with Crippen LogP contribution < -0.4 is 10.1 Å². The Balaban J connectivity index is 1.95. The summed E-state index contributed by atoms with van der Waals surface area (Å²) in [5, 5.41) is 2.96. The van der Waals surface area contributed by atoms with Crippen molar-refractivity contribution >= 4 is 0 Å². The predicted molar refractivity (Wildman–Crippen MR) is 70.0 cm³/mol. The lowest BCUT2D eigenvalue weighted by Crippen LogP contribution is -2.14. The van der Waals surface area contributed by atoms with Gasteiger partial charge in [0.1, 0.15) is 5.75 Å². The van der Waals surface area contributed by atoms with E-state index >= 15 is 0 Å². The van der Waals surface area contributed by atoms with Crippen LogP contribution in [-0.2, 0) is 13.1 Å². The van der Waals surface area contributed by atoms with Gasteiger partial charge in [0.15, 0.2) is 11.6 Å². The van der Waals surface area contributed by atoms with E-state index in [0.29, 0.717) is 11.1 Å². The molecule has 0 fully saturated rings. The largest absolute Gasteiger partial charge is 0.434 e. The van der Waals surface area contributed by atoms with Gasteiger partial charge in [0.25, 0.3) is 0 Å². The molecule has 0 heterocycles. The minimum absolute atomic E-state index is 0.0882. The molecule has 0 aliphatic heterocycles. The van der Waals surface area contributed by atoms with Gasteiger partial charge in [0.05, 0.1) is 0 Å². The van der Waals surface area contributed by atoms with Crippen molar-refractivity contribution in [1.82, 2.24) is 5.32 Å². The summed E-state index contributed by atoms with van der Waals surface area (Å²) >= 11 is 0. The first-order valence-electron chi connectivity index (χ1n) is 6.23. The zero-order valence-corrected chi connectivity index (χ0v) is 11.0. The zero-order valence-electron chi connectivity index (χ0n) is 11.0. The lowest BCUT2D eigenvalue weighted by atomic mass is 10.2. The smallest absolute Gasteiger partial charge is 0.387 e. The van der Waals surface area contributed by atoms with Crippen molar-refractivity contribution in [2.75, 3.05) is 0 Å². The van der Waals surface area contributed by atoms with Crippen molar-refractivity contribution in [3.05, 3.63) is 65.2 Å². The highest BCUT2D eigenvalue weighted by atomic mass is 19.3. The van der Waals surface area contributed by atoms with Crippen LogP contribution in [0.4, 0.5) is 17.6 Å². The highest BCUT2D eigenvalue weighted by Crippen LogP contribution is 2.20. The molecule has 6 heteroatoms. The van der Waals surface area contributed by atoms with E-state index in [1.807, 2.05) is 0 Å². The number of alkyl halides is 2. The van der Waals surface area contributed by atoms with Crippen LogP contribution in [-0.4, -0.2) is 6.61 Å². The number of hydrogen-bond acceptors (Lipinski definition) is 2.